The lowest BCUT2D eigenvalue weighted by molar-refractivity contribution is 0.0892. The molecule has 0 aromatic heterocycles. The standard InChI is InChI=1S/C15H22FN3O/c1-15(6-8-19(2)9-7-15)10-18-14(20)11-4-3-5-12(16)13(11)17/h3-5H,6-10,17H2,1-2H3,(H,18,20). The molecule has 1 heterocycles. The van der Waals surface area contributed by atoms with Gasteiger partial charge in [-0.1, -0.05) is 13.0 Å². The van der Waals surface area contributed by atoms with Crippen LogP contribution in [0.25, 0.3) is 0 Å². The van der Waals surface area contributed by atoms with Gasteiger partial charge in [-0.05, 0) is 50.5 Å². The van der Waals surface area contributed by atoms with Crippen molar-refractivity contribution in [2.45, 2.75) is 19.8 Å². The molecule has 3 N–H and O–H groups in total. The van der Waals surface area contributed by atoms with Crippen LogP contribution in [0, 0.1) is 11.2 Å². The quantitative estimate of drug-likeness (QED) is 0.830. The first kappa shape index (κ1) is 14.8. The lowest BCUT2D eigenvalue weighted by atomic mass is 9.80. The molecule has 1 saturated heterocycles. The van der Waals surface area contributed by atoms with Crippen molar-refractivity contribution >= 4 is 11.6 Å². The highest BCUT2D eigenvalue weighted by Gasteiger charge is 2.29. The molecule has 1 aliphatic rings. The average molecular weight is 279 g/mol. The molecule has 1 aliphatic heterocycles. The van der Waals surface area contributed by atoms with Crippen LogP contribution in [0.1, 0.15) is 30.1 Å². The predicted molar refractivity (Wildman–Crippen MR) is 78.0 cm³/mol. The molecular formula is C15H22FN3O. The Bertz CT molecular complexity index is 496. The van der Waals surface area contributed by atoms with Crippen LogP contribution in [-0.2, 0) is 0 Å². The van der Waals surface area contributed by atoms with Crippen molar-refractivity contribution in [3.63, 3.8) is 0 Å². The van der Waals surface area contributed by atoms with Gasteiger partial charge >= 0.3 is 0 Å². The zero-order chi connectivity index (χ0) is 14.8. The Hall–Kier alpha value is -1.62. The number of nitrogens with zero attached hydrogens (tertiary/aromatic N) is 1. The van der Waals surface area contributed by atoms with Crippen molar-refractivity contribution in [3.05, 3.63) is 29.6 Å². The molecule has 0 saturated carbocycles. The van der Waals surface area contributed by atoms with Crippen molar-refractivity contribution in [1.29, 1.82) is 0 Å². The Balaban J connectivity index is 1.97. The fourth-order valence-electron chi connectivity index (χ4n) is 2.46. The molecule has 0 bridgehead atoms. The van der Waals surface area contributed by atoms with Gasteiger partial charge in [-0.2, -0.15) is 0 Å². The number of carbonyl (C=O) groups excluding carboxylic acids is 1. The number of benzene rings is 1. The maximum Gasteiger partial charge on any atom is 0.253 e. The van der Waals surface area contributed by atoms with Crippen LogP contribution < -0.4 is 11.1 Å². The maximum atomic E-state index is 13.3. The van der Waals surface area contributed by atoms with Crippen LogP contribution in [0.15, 0.2) is 18.2 Å². The van der Waals surface area contributed by atoms with Crippen LogP contribution in [0.2, 0.25) is 0 Å². The number of hydrogen-bond donors (Lipinski definition) is 2. The number of rotatable bonds is 3. The summed E-state index contributed by atoms with van der Waals surface area (Å²) in [6.45, 7) is 4.84. The molecular weight excluding hydrogens is 257 g/mol. The van der Waals surface area contributed by atoms with E-state index in [1.54, 1.807) is 6.07 Å². The van der Waals surface area contributed by atoms with Gasteiger partial charge in [-0.15, -0.1) is 0 Å². The fraction of sp³-hybridized carbons (Fsp3) is 0.533. The van der Waals surface area contributed by atoms with E-state index in [0.29, 0.717) is 6.54 Å². The number of likely N-dealkylation sites (tertiary alicyclic amines) is 1. The lowest BCUT2D eigenvalue weighted by Crippen LogP contribution is -2.43. The van der Waals surface area contributed by atoms with E-state index >= 15 is 0 Å². The van der Waals surface area contributed by atoms with E-state index in [9.17, 15) is 9.18 Å². The molecule has 0 spiro atoms. The number of nitrogens with one attached hydrogen (secondary N) is 1. The van der Waals surface area contributed by atoms with Gasteiger partial charge in [0.2, 0.25) is 0 Å². The Kier molecular flexibility index (Phi) is 4.28. The SMILES string of the molecule is CN1CCC(C)(CNC(=O)c2cccc(F)c2N)CC1. The topological polar surface area (TPSA) is 58.4 Å². The number of carbonyl (C=O) groups is 1. The number of piperidine rings is 1. The van der Waals surface area contributed by atoms with E-state index in [2.05, 4.69) is 24.2 Å². The average Bonchev–Trinajstić information content (AvgIpc) is 2.43. The third-order valence-corrected chi connectivity index (χ3v) is 4.17. The number of nitrogen functional groups attached to an aromatic ring is 1. The molecule has 20 heavy (non-hydrogen) atoms. The Morgan fingerprint density at radius 2 is 2.10 bits per heavy atom. The van der Waals surface area contributed by atoms with Gasteiger partial charge in [-0.25, -0.2) is 4.39 Å². The number of amides is 1. The monoisotopic (exact) mass is 279 g/mol. The Morgan fingerprint density at radius 3 is 2.75 bits per heavy atom. The number of hydrogen-bond acceptors (Lipinski definition) is 3. The predicted octanol–water partition coefficient (Wildman–Crippen LogP) is 1.87. The minimum atomic E-state index is -0.553. The first-order valence-electron chi connectivity index (χ1n) is 6.92. The molecule has 0 radical (unpaired) electrons. The fourth-order valence-corrected chi connectivity index (χ4v) is 2.46. The molecule has 4 nitrogen and oxygen atoms in total. The van der Waals surface area contributed by atoms with Gasteiger partial charge in [0.25, 0.3) is 5.91 Å². The van der Waals surface area contributed by atoms with Crippen LogP contribution >= 0.6 is 0 Å². The van der Waals surface area contributed by atoms with E-state index in [1.165, 1.54) is 12.1 Å². The van der Waals surface area contributed by atoms with Gasteiger partial charge in [0.1, 0.15) is 5.82 Å². The summed E-state index contributed by atoms with van der Waals surface area (Å²) in [6, 6.07) is 4.30. The van der Waals surface area contributed by atoms with Crippen LogP contribution in [0.5, 0.6) is 0 Å². The first-order valence-corrected chi connectivity index (χ1v) is 6.92. The molecule has 1 fully saturated rings. The van der Waals surface area contributed by atoms with Gasteiger partial charge in [0, 0.05) is 6.54 Å². The van der Waals surface area contributed by atoms with Crippen molar-refractivity contribution in [2.24, 2.45) is 5.41 Å². The largest absolute Gasteiger partial charge is 0.396 e. The van der Waals surface area contributed by atoms with Crippen LogP contribution in [0.4, 0.5) is 10.1 Å². The number of halogens is 1. The zero-order valence-electron chi connectivity index (χ0n) is 12.1. The van der Waals surface area contributed by atoms with Crippen LogP contribution in [-0.4, -0.2) is 37.5 Å². The molecule has 1 aromatic carbocycles. The maximum absolute atomic E-state index is 13.3. The van der Waals surface area contributed by atoms with Gasteiger partial charge in [0.15, 0.2) is 0 Å². The van der Waals surface area contributed by atoms with Crippen molar-refractivity contribution in [1.82, 2.24) is 10.2 Å². The van der Waals surface area contributed by atoms with E-state index in [1.807, 2.05) is 0 Å². The summed E-state index contributed by atoms with van der Waals surface area (Å²) in [7, 11) is 2.10. The number of anilines is 1. The Labute approximate surface area is 119 Å². The summed E-state index contributed by atoms with van der Waals surface area (Å²) in [4.78, 5) is 14.4. The molecule has 5 heteroatoms. The minimum absolute atomic E-state index is 0.0847. The molecule has 0 atom stereocenters. The summed E-state index contributed by atoms with van der Waals surface area (Å²) >= 11 is 0. The highest BCUT2D eigenvalue weighted by molar-refractivity contribution is 5.99. The molecule has 2 rings (SSSR count). The van der Waals surface area contributed by atoms with E-state index in [4.69, 9.17) is 5.73 Å². The van der Waals surface area contributed by atoms with Gasteiger partial charge < -0.3 is 16.0 Å². The second-order valence-corrected chi connectivity index (χ2v) is 6.00. The molecule has 0 unspecified atom stereocenters. The van der Waals surface area contributed by atoms with Crippen molar-refractivity contribution in [2.75, 3.05) is 32.4 Å². The van der Waals surface area contributed by atoms with Crippen LogP contribution in [0.3, 0.4) is 0 Å². The smallest absolute Gasteiger partial charge is 0.253 e. The minimum Gasteiger partial charge on any atom is -0.396 e. The summed E-state index contributed by atoms with van der Waals surface area (Å²) in [5.41, 5.74) is 5.83. The normalized spacial score (nSPS) is 18.8. The second kappa shape index (κ2) is 5.79. The van der Waals surface area contributed by atoms with Gasteiger partial charge in [-0.3, -0.25) is 4.79 Å². The third-order valence-electron chi connectivity index (χ3n) is 4.17. The Morgan fingerprint density at radius 1 is 1.45 bits per heavy atom. The molecule has 1 amide bonds. The zero-order valence-corrected chi connectivity index (χ0v) is 12.1. The highest BCUT2D eigenvalue weighted by atomic mass is 19.1. The number of nitrogens with two attached hydrogens (primary N) is 1. The molecule has 110 valence electrons. The second-order valence-electron chi connectivity index (χ2n) is 6.00. The van der Waals surface area contributed by atoms with E-state index in [0.717, 1.165) is 25.9 Å². The lowest BCUT2D eigenvalue weighted by Gasteiger charge is -2.38. The van der Waals surface area contributed by atoms with Crippen molar-refractivity contribution < 1.29 is 9.18 Å². The molecule has 0 aliphatic carbocycles. The van der Waals surface area contributed by atoms with Gasteiger partial charge in [0.05, 0.1) is 11.3 Å². The van der Waals surface area contributed by atoms with E-state index in [-0.39, 0.29) is 22.6 Å². The third kappa shape index (κ3) is 3.28. The highest BCUT2D eigenvalue weighted by Crippen LogP contribution is 2.29. The summed E-state index contributed by atoms with van der Waals surface area (Å²) < 4.78 is 13.3. The summed E-state index contributed by atoms with van der Waals surface area (Å²) in [5, 5.41) is 2.89. The summed E-state index contributed by atoms with van der Waals surface area (Å²) in [5.74, 6) is -0.856. The number of para-hydroxylation sites is 1. The molecule has 1 aromatic rings. The van der Waals surface area contributed by atoms with Crippen molar-refractivity contribution in [3.8, 4) is 0 Å². The van der Waals surface area contributed by atoms with E-state index < -0.39 is 5.82 Å². The first-order chi connectivity index (χ1) is 9.41. The summed E-state index contributed by atoms with van der Waals surface area (Å²) in [6.07, 6.45) is 2.09.